The number of carbonyl (C=O) groups is 2. The third kappa shape index (κ3) is 8.75. The molecule has 0 saturated carbocycles. The van der Waals surface area contributed by atoms with E-state index >= 15 is 0 Å². The van der Waals surface area contributed by atoms with Crippen LogP contribution in [0.2, 0.25) is 0 Å². The number of nitrogens with one attached hydrogen (secondary N) is 1. The van der Waals surface area contributed by atoms with E-state index in [1.165, 1.54) is 33.5 Å². The Labute approximate surface area is 239 Å². The van der Waals surface area contributed by atoms with Crippen molar-refractivity contribution in [2.75, 3.05) is 60.8 Å². The minimum Gasteiger partial charge on any atom is -0.497 e. The van der Waals surface area contributed by atoms with E-state index in [4.69, 9.17) is 23.7 Å². The quantitative estimate of drug-likeness (QED) is 0.231. The van der Waals surface area contributed by atoms with Crippen molar-refractivity contribution in [1.29, 1.82) is 0 Å². The highest BCUT2D eigenvalue weighted by molar-refractivity contribution is 7.89. The summed E-state index contributed by atoms with van der Waals surface area (Å²) < 4.78 is 54.1. The Bertz CT molecular complexity index is 1280. The zero-order valence-electron chi connectivity index (χ0n) is 23.3. The van der Waals surface area contributed by atoms with E-state index in [1.807, 2.05) is 0 Å². The van der Waals surface area contributed by atoms with Crippen LogP contribution in [-0.4, -0.2) is 96.8 Å². The lowest BCUT2D eigenvalue weighted by Gasteiger charge is -2.30. The highest BCUT2D eigenvalue weighted by Crippen LogP contribution is 2.32. The molecule has 2 aromatic rings. The van der Waals surface area contributed by atoms with Gasteiger partial charge in [0.05, 0.1) is 44.5 Å². The Kier molecular flexibility index (Phi) is 12.1. The number of hydrogen-bond donors (Lipinski definition) is 2. The van der Waals surface area contributed by atoms with Gasteiger partial charge in [-0.15, -0.1) is 0 Å². The van der Waals surface area contributed by atoms with Crippen molar-refractivity contribution in [3.05, 3.63) is 71.5 Å². The molecule has 13 heteroatoms. The molecule has 2 N–H and O–H groups in total. The monoisotopic (exact) mass is 592 g/mol. The van der Waals surface area contributed by atoms with Crippen molar-refractivity contribution in [3.8, 4) is 5.75 Å². The van der Waals surface area contributed by atoms with Gasteiger partial charge in [-0.2, -0.15) is 4.31 Å². The third-order valence-corrected chi connectivity index (χ3v) is 8.24. The highest BCUT2D eigenvalue weighted by Gasteiger charge is 2.30. The van der Waals surface area contributed by atoms with Gasteiger partial charge in [-0.3, -0.25) is 4.79 Å². The van der Waals surface area contributed by atoms with Crippen LogP contribution in [0.1, 0.15) is 28.3 Å². The van der Waals surface area contributed by atoms with Gasteiger partial charge in [0.25, 0.3) is 5.91 Å². The average Bonchev–Trinajstić information content (AvgIpc) is 3.00. The SMILES string of the molecule is COCCNC(=O)C1=C[C@@H](c2ccc(C(=O)OC)cc2)C[C@@H](OCCN(CCO)S(=O)(=O)c2ccc(OC)cc2)O1. The van der Waals surface area contributed by atoms with Crippen LogP contribution >= 0.6 is 0 Å². The fraction of sp³-hybridized carbons (Fsp3) is 0.429. The summed E-state index contributed by atoms with van der Waals surface area (Å²) in [5.41, 5.74) is 1.21. The number of benzene rings is 2. The summed E-state index contributed by atoms with van der Waals surface area (Å²) >= 11 is 0. The molecule has 3 rings (SSSR count). The molecular formula is C28H36N2O10S. The van der Waals surface area contributed by atoms with Gasteiger partial charge in [0.2, 0.25) is 16.3 Å². The molecule has 0 radical (unpaired) electrons. The first kappa shape index (κ1) is 32.0. The summed E-state index contributed by atoms with van der Waals surface area (Å²) in [6, 6.07) is 12.7. The minimum absolute atomic E-state index is 0.0501. The lowest BCUT2D eigenvalue weighted by atomic mass is 9.92. The molecule has 0 fully saturated rings. The molecule has 0 aromatic heterocycles. The van der Waals surface area contributed by atoms with E-state index in [2.05, 4.69) is 5.32 Å². The van der Waals surface area contributed by atoms with Crippen LogP contribution in [0.5, 0.6) is 5.75 Å². The summed E-state index contributed by atoms with van der Waals surface area (Å²) in [5, 5.41) is 12.2. The minimum atomic E-state index is -3.92. The smallest absolute Gasteiger partial charge is 0.337 e. The number of sulfonamides is 1. The van der Waals surface area contributed by atoms with Crippen LogP contribution in [-0.2, 0) is 33.8 Å². The molecule has 0 saturated heterocycles. The summed E-state index contributed by atoms with van der Waals surface area (Å²) in [6.45, 7) is -0.0436. The fourth-order valence-electron chi connectivity index (χ4n) is 4.14. The zero-order valence-corrected chi connectivity index (χ0v) is 24.1. The largest absolute Gasteiger partial charge is 0.497 e. The zero-order chi connectivity index (χ0) is 29.8. The molecule has 2 aromatic carbocycles. The van der Waals surface area contributed by atoms with Crippen molar-refractivity contribution in [1.82, 2.24) is 9.62 Å². The van der Waals surface area contributed by atoms with Crippen molar-refractivity contribution in [3.63, 3.8) is 0 Å². The van der Waals surface area contributed by atoms with E-state index < -0.39 is 28.2 Å². The summed E-state index contributed by atoms with van der Waals surface area (Å²) in [6.07, 6.45) is 1.15. The second-order valence-corrected chi connectivity index (χ2v) is 10.9. The number of hydrogen-bond acceptors (Lipinski definition) is 10. The molecule has 41 heavy (non-hydrogen) atoms. The number of esters is 1. The lowest BCUT2D eigenvalue weighted by Crippen LogP contribution is -2.38. The first-order valence-electron chi connectivity index (χ1n) is 12.9. The molecule has 0 bridgehead atoms. The van der Waals surface area contributed by atoms with E-state index in [9.17, 15) is 23.1 Å². The maximum Gasteiger partial charge on any atom is 0.337 e. The lowest BCUT2D eigenvalue weighted by molar-refractivity contribution is -0.146. The Hall–Kier alpha value is -3.49. The Balaban J connectivity index is 1.73. The van der Waals surface area contributed by atoms with Crippen LogP contribution in [0, 0.1) is 0 Å². The second-order valence-electron chi connectivity index (χ2n) is 8.96. The molecule has 1 aliphatic heterocycles. The van der Waals surface area contributed by atoms with E-state index in [1.54, 1.807) is 42.5 Å². The number of methoxy groups -OCH3 is 3. The van der Waals surface area contributed by atoms with Crippen LogP contribution < -0.4 is 10.1 Å². The maximum absolute atomic E-state index is 13.2. The molecular weight excluding hydrogens is 556 g/mol. The van der Waals surface area contributed by atoms with Crippen LogP contribution in [0.4, 0.5) is 0 Å². The number of amides is 1. The van der Waals surface area contributed by atoms with Gasteiger partial charge in [-0.1, -0.05) is 12.1 Å². The number of allylic oxidation sites excluding steroid dienone is 1. The second kappa shape index (κ2) is 15.5. The maximum atomic E-state index is 13.2. The van der Waals surface area contributed by atoms with Gasteiger partial charge in [0, 0.05) is 39.1 Å². The first-order valence-corrected chi connectivity index (χ1v) is 14.4. The van der Waals surface area contributed by atoms with Gasteiger partial charge < -0.3 is 34.1 Å². The first-order chi connectivity index (χ1) is 19.7. The molecule has 1 amide bonds. The standard InChI is InChI=1S/C28H36N2O10S/c1-36-16-12-29-27(32)25-18-22(20-4-6-21(7-5-20)28(33)38-3)19-26(40-25)39-17-14-30(13-15-31)41(34,35)24-10-8-23(37-2)9-11-24/h4-11,18,22,26,31H,12-17,19H2,1-3H3,(H,29,32)/t22-,26+/m1/s1. The number of carbonyl (C=O) groups excluding carboxylic acids is 2. The summed E-state index contributed by atoms with van der Waals surface area (Å²) in [4.78, 5) is 24.7. The molecule has 2 atom stereocenters. The van der Waals surface area contributed by atoms with Gasteiger partial charge in [-0.05, 0) is 48.0 Å². The topological polar surface area (TPSA) is 150 Å². The van der Waals surface area contributed by atoms with Crippen molar-refractivity contribution in [2.24, 2.45) is 0 Å². The molecule has 12 nitrogen and oxygen atoms in total. The van der Waals surface area contributed by atoms with Crippen molar-refractivity contribution >= 4 is 21.9 Å². The fourth-order valence-corrected chi connectivity index (χ4v) is 5.55. The number of aliphatic hydroxyl groups excluding tert-OH is 1. The van der Waals surface area contributed by atoms with Crippen LogP contribution in [0.25, 0.3) is 0 Å². The number of nitrogens with zero attached hydrogens (tertiary/aromatic N) is 1. The van der Waals surface area contributed by atoms with Crippen LogP contribution in [0.15, 0.2) is 65.3 Å². The van der Waals surface area contributed by atoms with E-state index in [0.29, 0.717) is 24.3 Å². The predicted octanol–water partition coefficient (Wildman–Crippen LogP) is 1.66. The summed E-state index contributed by atoms with van der Waals surface area (Å²) in [5.74, 6) is -0.635. The Morgan fingerprint density at radius 3 is 2.34 bits per heavy atom. The summed E-state index contributed by atoms with van der Waals surface area (Å²) in [7, 11) is 0.387. The molecule has 0 aliphatic carbocycles. The van der Waals surface area contributed by atoms with Gasteiger partial charge in [-0.25, -0.2) is 13.2 Å². The molecule has 0 unspecified atom stereocenters. The molecule has 1 heterocycles. The number of aliphatic hydroxyl groups is 1. The molecule has 224 valence electrons. The van der Waals surface area contributed by atoms with E-state index in [-0.39, 0.29) is 49.4 Å². The van der Waals surface area contributed by atoms with Crippen LogP contribution in [0.3, 0.4) is 0 Å². The Morgan fingerprint density at radius 2 is 1.73 bits per heavy atom. The van der Waals surface area contributed by atoms with Crippen molar-refractivity contribution < 1.29 is 46.8 Å². The number of rotatable bonds is 15. The van der Waals surface area contributed by atoms with Crippen molar-refractivity contribution in [2.45, 2.75) is 23.5 Å². The number of ether oxygens (including phenoxy) is 5. The average molecular weight is 593 g/mol. The highest BCUT2D eigenvalue weighted by atomic mass is 32.2. The third-order valence-electron chi connectivity index (χ3n) is 6.32. The predicted molar refractivity (Wildman–Crippen MR) is 148 cm³/mol. The Morgan fingerprint density at radius 1 is 1.02 bits per heavy atom. The molecule has 1 aliphatic rings. The molecule has 0 spiro atoms. The van der Waals surface area contributed by atoms with E-state index in [0.717, 1.165) is 9.87 Å². The normalized spacial score (nSPS) is 17.0. The van der Waals surface area contributed by atoms with Gasteiger partial charge >= 0.3 is 5.97 Å². The van der Waals surface area contributed by atoms with Gasteiger partial charge in [0.1, 0.15) is 5.75 Å². The van der Waals surface area contributed by atoms with Gasteiger partial charge in [0.15, 0.2) is 5.76 Å².